The van der Waals surface area contributed by atoms with E-state index in [0.29, 0.717) is 0 Å². The number of hydrogen-bond acceptors (Lipinski definition) is 3. The second-order valence-electron chi connectivity index (χ2n) is 5.16. The van der Waals surface area contributed by atoms with E-state index in [9.17, 15) is 0 Å². The predicted octanol–water partition coefficient (Wildman–Crippen LogP) is 2.78. The summed E-state index contributed by atoms with van der Waals surface area (Å²) >= 11 is 0. The third-order valence-corrected chi connectivity index (χ3v) is 3.41. The van der Waals surface area contributed by atoms with Crippen LogP contribution in [-0.4, -0.2) is 37.6 Å². The Hall–Kier alpha value is -0.590. The number of nitrogens with one attached hydrogen (secondary N) is 1. The van der Waals surface area contributed by atoms with E-state index < -0.39 is 0 Å². The Morgan fingerprint density at radius 3 is 2.24 bits per heavy atom. The van der Waals surface area contributed by atoms with E-state index in [2.05, 4.69) is 30.3 Å². The topological polar surface area (TPSA) is 39.1 Å². The molecule has 0 heterocycles. The molecule has 3 nitrogen and oxygen atoms in total. The summed E-state index contributed by atoms with van der Waals surface area (Å²) in [6.45, 7) is 6.56. The van der Waals surface area contributed by atoms with Crippen LogP contribution in [0.25, 0.3) is 0 Å². The highest BCUT2D eigenvalue weighted by atomic mass is 15.1. The zero-order valence-electron chi connectivity index (χ0n) is 12.1. The van der Waals surface area contributed by atoms with E-state index >= 15 is 0 Å². The molecule has 0 aromatic carbocycles. The Labute approximate surface area is 107 Å². The second kappa shape index (κ2) is 9.44. The quantitative estimate of drug-likeness (QED) is 0.596. The molecule has 100 valence electrons. The van der Waals surface area contributed by atoms with Gasteiger partial charge in [0.05, 0.1) is 6.07 Å². The smallest absolute Gasteiger partial charge is 0.103 e. The molecule has 0 aromatic heterocycles. The first-order chi connectivity index (χ1) is 8.08. The van der Waals surface area contributed by atoms with Gasteiger partial charge >= 0.3 is 0 Å². The summed E-state index contributed by atoms with van der Waals surface area (Å²) in [6.07, 6.45) is 7.15. The number of nitrogens with zero attached hydrogens (tertiary/aromatic N) is 2. The molecule has 0 aliphatic heterocycles. The average Bonchev–Trinajstić information content (AvgIpc) is 2.35. The molecule has 0 radical (unpaired) electrons. The fourth-order valence-corrected chi connectivity index (χ4v) is 1.84. The lowest BCUT2D eigenvalue weighted by atomic mass is 9.97. The molecular formula is C14H29N3. The van der Waals surface area contributed by atoms with Gasteiger partial charge in [-0.1, -0.05) is 19.8 Å². The van der Waals surface area contributed by atoms with Crippen LogP contribution in [0.5, 0.6) is 0 Å². The maximum Gasteiger partial charge on any atom is 0.103 e. The van der Waals surface area contributed by atoms with Crippen LogP contribution in [-0.2, 0) is 0 Å². The van der Waals surface area contributed by atoms with Gasteiger partial charge in [-0.2, -0.15) is 5.26 Å². The summed E-state index contributed by atoms with van der Waals surface area (Å²) < 4.78 is 0. The molecule has 1 unspecified atom stereocenters. The van der Waals surface area contributed by atoms with Gasteiger partial charge in [0, 0.05) is 0 Å². The number of nitriles is 1. The van der Waals surface area contributed by atoms with Crippen LogP contribution in [0.2, 0.25) is 0 Å². The van der Waals surface area contributed by atoms with Crippen molar-refractivity contribution in [2.75, 3.05) is 27.2 Å². The van der Waals surface area contributed by atoms with E-state index in [-0.39, 0.29) is 5.54 Å². The van der Waals surface area contributed by atoms with Gasteiger partial charge in [-0.25, -0.2) is 0 Å². The fourth-order valence-electron chi connectivity index (χ4n) is 1.84. The molecule has 1 N–H and O–H groups in total. The summed E-state index contributed by atoms with van der Waals surface area (Å²) in [4.78, 5) is 2.40. The van der Waals surface area contributed by atoms with Gasteiger partial charge in [0.2, 0.25) is 0 Å². The third-order valence-electron chi connectivity index (χ3n) is 3.41. The van der Waals surface area contributed by atoms with Crippen molar-refractivity contribution in [2.24, 2.45) is 0 Å². The molecule has 0 aliphatic rings. The zero-order chi connectivity index (χ0) is 13.1. The maximum atomic E-state index is 9.01. The third kappa shape index (κ3) is 8.18. The summed E-state index contributed by atoms with van der Waals surface area (Å²) in [5.41, 5.74) is -0.346. The van der Waals surface area contributed by atoms with Crippen LogP contribution >= 0.6 is 0 Å². The first-order valence-electron chi connectivity index (χ1n) is 6.86. The minimum atomic E-state index is -0.346. The fraction of sp³-hybridized carbons (Fsp3) is 0.929. The zero-order valence-corrected chi connectivity index (χ0v) is 12.1. The Morgan fingerprint density at radius 1 is 1.18 bits per heavy atom. The molecular weight excluding hydrogens is 210 g/mol. The minimum Gasteiger partial charge on any atom is -0.306 e. The Bertz CT molecular complexity index is 222. The van der Waals surface area contributed by atoms with Gasteiger partial charge in [-0.05, 0) is 59.8 Å². The maximum absolute atomic E-state index is 9.01. The average molecular weight is 239 g/mol. The van der Waals surface area contributed by atoms with Crippen molar-refractivity contribution < 1.29 is 0 Å². The molecule has 0 rings (SSSR count). The Morgan fingerprint density at radius 2 is 1.76 bits per heavy atom. The van der Waals surface area contributed by atoms with Crippen molar-refractivity contribution in [3.8, 4) is 6.07 Å². The standard InChI is InChI=1S/C14H29N3/c1-5-6-8-11-17(4)12-9-7-10-14(2,13-15)16-3/h16H,5-12H2,1-4H3. The summed E-state index contributed by atoms with van der Waals surface area (Å²) in [6, 6.07) is 2.33. The molecule has 0 aliphatic carbocycles. The van der Waals surface area contributed by atoms with Crippen molar-refractivity contribution in [2.45, 2.75) is 57.9 Å². The van der Waals surface area contributed by atoms with Gasteiger partial charge in [0.1, 0.15) is 5.54 Å². The SMILES string of the molecule is CCCCCN(C)CCCCC(C)(C#N)NC. The highest BCUT2D eigenvalue weighted by Gasteiger charge is 2.19. The Kier molecular flexibility index (Phi) is 9.11. The van der Waals surface area contributed by atoms with Crippen LogP contribution in [0.15, 0.2) is 0 Å². The van der Waals surface area contributed by atoms with Gasteiger partial charge in [0.15, 0.2) is 0 Å². The molecule has 0 bridgehead atoms. The van der Waals surface area contributed by atoms with Gasteiger partial charge in [-0.3, -0.25) is 0 Å². The van der Waals surface area contributed by atoms with Crippen molar-refractivity contribution in [3.63, 3.8) is 0 Å². The van der Waals surface area contributed by atoms with E-state index in [1.807, 2.05) is 14.0 Å². The van der Waals surface area contributed by atoms with Crippen molar-refractivity contribution in [1.29, 1.82) is 5.26 Å². The predicted molar refractivity (Wildman–Crippen MR) is 74.0 cm³/mol. The Balaban J connectivity index is 3.54. The van der Waals surface area contributed by atoms with E-state index in [1.54, 1.807) is 0 Å². The van der Waals surface area contributed by atoms with E-state index in [4.69, 9.17) is 5.26 Å². The molecule has 3 heteroatoms. The molecule has 0 fully saturated rings. The number of hydrogen-bond donors (Lipinski definition) is 1. The van der Waals surface area contributed by atoms with E-state index in [0.717, 1.165) is 19.4 Å². The van der Waals surface area contributed by atoms with Crippen LogP contribution in [0.1, 0.15) is 52.4 Å². The summed E-state index contributed by atoms with van der Waals surface area (Å²) in [5, 5.41) is 12.1. The van der Waals surface area contributed by atoms with Crippen LogP contribution in [0.3, 0.4) is 0 Å². The highest BCUT2D eigenvalue weighted by Crippen LogP contribution is 2.12. The summed E-state index contributed by atoms with van der Waals surface area (Å²) in [7, 11) is 4.05. The van der Waals surface area contributed by atoms with Crippen LogP contribution < -0.4 is 5.32 Å². The second-order valence-corrected chi connectivity index (χ2v) is 5.16. The first kappa shape index (κ1) is 16.4. The van der Waals surface area contributed by atoms with Gasteiger partial charge in [-0.15, -0.1) is 0 Å². The van der Waals surface area contributed by atoms with Crippen LogP contribution in [0, 0.1) is 11.3 Å². The van der Waals surface area contributed by atoms with Gasteiger partial charge < -0.3 is 10.2 Å². The molecule has 0 spiro atoms. The van der Waals surface area contributed by atoms with Crippen molar-refractivity contribution >= 4 is 0 Å². The monoisotopic (exact) mass is 239 g/mol. The molecule has 1 atom stereocenters. The van der Waals surface area contributed by atoms with Crippen LogP contribution in [0.4, 0.5) is 0 Å². The first-order valence-corrected chi connectivity index (χ1v) is 6.86. The van der Waals surface area contributed by atoms with Gasteiger partial charge in [0.25, 0.3) is 0 Å². The van der Waals surface area contributed by atoms with E-state index in [1.165, 1.54) is 32.2 Å². The van der Waals surface area contributed by atoms with Crippen molar-refractivity contribution in [1.82, 2.24) is 10.2 Å². The molecule has 17 heavy (non-hydrogen) atoms. The highest BCUT2D eigenvalue weighted by molar-refractivity contribution is 5.02. The summed E-state index contributed by atoms with van der Waals surface area (Å²) in [5.74, 6) is 0. The van der Waals surface area contributed by atoms with Crippen molar-refractivity contribution in [3.05, 3.63) is 0 Å². The largest absolute Gasteiger partial charge is 0.306 e. The molecule has 0 aromatic rings. The molecule has 0 amide bonds. The lowest BCUT2D eigenvalue weighted by Gasteiger charge is -2.21. The molecule has 0 saturated heterocycles. The normalized spacial score (nSPS) is 14.6. The molecule has 0 saturated carbocycles. The number of unbranched alkanes of at least 4 members (excludes halogenated alkanes) is 3. The lowest BCUT2D eigenvalue weighted by Crippen LogP contribution is -2.38. The number of rotatable bonds is 10. The lowest BCUT2D eigenvalue weighted by molar-refractivity contribution is 0.309. The minimum absolute atomic E-state index is 0.346.